The number of hydrogen-bond acceptors (Lipinski definition) is 3. The smallest absolute Gasteiger partial charge is 0.261 e. The van der Waals surface area contributed by atoms with Gasteiger partial charge < -0.3 is 10.1 Å². The van der Waals surface area contributed by atoms with E-state index in [0.29, 0.717) is 12.5 Å². The Balaban J connectivity index is 1.84. The van der Waals surface area contributed by atoms with Crippen molar-refractivity contribution in [3.05, 3.63) is 19.2 Å². The van der Waals surface area contributed by atoms with E-state index in [1.54, 1.807) is 0 Å². The van der Waals surface area contributed by atoms with Crippen LogP contribution in [0.1, 0.15) is 22.5 Å². The zero-order chi connectivity index (χ0) is 12.3. The molecule has 1 atom stereocenters. The molecule has 2 rings (SSSR count). The van der Waals surface area contributed by atoms with Gasteiger partial charge in [0.05, 0.1) is 15.3 Å². The number of hydrogen-bond donors (Lipinski definition) is 1. The highest BCUT2D eigenvalue weighted by Gasteiger charge is 2.16. The molecule has 0 spiro atoms. The number of carbonyl (C=O) groups is 1. The fraction of sp³-hybridized carbons (Fsp3) is 0.545. The summed E-state index contributed by atoms with van der Waals surface area (Å²) in [6, 6.07) is 1.83. The normalized spacial score (nSPS) is 20.2. The lowest BCUT2D eigenvalue weighted by Gasteiger charge is -2.21. The molecule has 17 heavy (non-hydrogen) atoms. The third-order valence-electron chi connectivity index (χ3n) is 2.67. The molecule has 0 radical (unpaired) electrons. The predicted octanol–water partition coefficient (Wildman–Crippen LogP) is 3.43. The maximum absolute atomic E-state index is 11.9. The summed E-state index contributed by atoms with van der Waals surface area (Å²) < 4.78 is 7.25. The van der Waals surface area contributed by atoms with Gasteiger partial charge in [0.15, 0.2) is 0 Å². The number of amides is 1. The van der Waals surface area contributed by atoms with Crippen LogP contribution in [0.15, 0.2) is 14.3 Å². The van der Waals surface area contributed by atoms with Gasteiger partial charge in [-0.2, -0.15) is 0 Å². The van der Waals surface area contributed by atoms with Gasteiger partial charge in [0.25, 0.3) is 5.91 Å². The Morgan fingerprint density at radius 2 is 2.41 bits per heavy atom. The minimum absolute atomic E-state index is 0.00743. The number of nitrogens with one attached hydrogen (secondary N) is 1. The molecule has 1 N–H and O–H groups in total. The van der Waals surface area contributed by atoms with Crippen LogP contribution in [0.3, 0.4) is 0 Å². The number of rotatable bonds is 3. The maximum Gasteiger partial charge on any atom is 0.261 e. The molecular formula is C11H13Br2NO2S. The first kappa shape index (κ1) is 13.5. The fourth-order valence-electron chi connectivity index (χ4n) is 1.75. The van der Waals surface area contributed by atoms with E-state index in [0.717, 1.165) is 39.2 Å². The Hall–Kier alpha value is 0.0900. The summed E-state index contributed by atoms with van der Waals surface area (Å²) in [5.41, 5.74) is 0. The van der Waals surface area contributed by atoms with Gasteiger partial charge in [0.2, 0.25) is 0 Å². The van der Waals surface area contributed by atoms with E-state index < -0.39 is 0 Å². The first-order valence-corrected chi connectivity index (χ1v) is 7.88. The average molecular weight is 383 g/mol. The third-order valence-corrected chi connectivity index (χ3v) is 5.93. The summed E-state index contributed by atoms with van der Waals surface area (Å²) in [4.78, 5) is 12.6. The van der Waals surface area contributed by atoms with Crippen LogP contribution >= 0.6 is 43.2 Å². The SMILES string of the molecule is O=C(NCC1CCCOC1)c1cc(Br)c(Br)s1. The molecule has 6 heteroatoms. The van der Waals surface area contributed by atoms with Crippen molar-refractivity contribution in [2.24, 2.45) is 5.92 Å². The molecule has 94 valence electrons. The van der Waals surface area contributed by atoms with E-state index >= 15 is 0 Å². The predicted molar refractivity (Wildman–Crippen MR) is 75.6 cm³/mol. The summed E-state index contributed by atoms with van der Waals surface area (Å²) in [7, 11) is 0. The number of ether oxygens (including phenoxy) is 1. The van der Waals surface area contributed by atoms with Crippen molar-refractivity contribution < 1.29 is 9.53 Å². The average Bonchev–Trinajstić information content (AvgIpc) is 2.68. The van der Waals surface area contributed by atoms with E-state index in [2.05, 4.69) is 37.2 Å². The fourth-order valence-corrected chi connectivity index (χ4v) is 3.70. The van der Waals surface area contributed by atoms with Crippen molar-refractivity contribution in [2.75, 3.05) is 19.8 Å². The van der Waals surface area contributed by atoms with Gasteiger partial charge in [-0.05, 0) is 56.7 Å². The van der Waals surface area contributed by atoms with Gasteiger partial charge in [-0.3, -0.25) is 4.79 Å². The molecule has 1 aliphatic heterocycles. The minimum atomic E-state index is -0.00743. The van der Waals surface area contributed by atoms with Crippen molar-refractivity contribution >= 4 is 49.1 Å². The monoisotopic (exact) mass is 381 g/mol. The van der Waals surface area contributed by atoms with Crippen LogP contribution in [-0.4, -0.2) is 25.7 Å². The highest BCUT2D eigenvalue weighted by atomic mass is 79.9. The highest BCUT2D eigenvalue weighted by molar-refractivity contribution is 9.13. The van der Waals surface area contributed by atoms with Crippen LogP contribution < -0.4 is 5.32 Å². The van der Waals surface area contributed by atoms with Crippen molar-refractivity contribution in [1.82, 2.24) is 5.32 Å². The Morgan fingerprint density at radius 3 is 3.00 bits per heavy atom. The van der Waals surface area contributed by atoms with Gasteiger partial charge in [-0.1, -0.05) is 0 Å². The van der Waals surface area contributed by atoms with Crippen molar-refractivity contribution in [3.63, 3.8) is 0 Å². The molecule has 3 nitrogen and oxygen atoms in total. The zero-order valence-electron chi connectivity index (χ0n) is 9.17. The number of halogens is 2. The van der Waals surface area contributed by atoms with Crippen molar-refractivity contribution in [2.45, 2.75) is 12.8 Å². The summed E-state index contributed by atoms with van der Waals surface area (Å²) in [5.74, 6) is 0.450. The first-order valence-electron chi connectivity index (χ1n) is 5.47. The van der Waals surface area contributed by atoms with Crippen LogP contribution in [0, 0.1) is 5.92 Å². The van der Waals surface area contributed by atoms with E-state index in [9.17, 15) is 4.79 Å². The van der Waals surface area contributed by atoms with E-state index in [1.807, 2.05) is 6.07 Å². The second-order valence-corrected chi connectivity index (χ2v) is 7.25. The summed E-state index contributed by atoms with van der Waals surface area (Å²) in [5, 5.41) is 2.96. The molecule has 1 unspecified atom stereocenters. The Kier molecular flexibility index (Phi) is 5.02. The quantitative estimate of drug-likeness (QED) is 0.869. The van der Waals surface area contributed by atoms with Crippen LogP contribution in [0.4, 0.5) is 0 Å². The van der Waals surface area contributed by atoms with Crippen LogP contribution in [0.2, 0.25) is 0 Å². The molecule has 1 aromatic heterocycles. The van der Waals surface area contributed by atoms with Crippen molar-refractivity contribution in [1.29, 1.82) is 0 Å². The third kappa shape index (κ3) is 3.77. The van der Waals surface area contributed by atoms with Gasteiger partial charge in [0, 0.05) is 17.6 Å². The molecule has 2 heterocycles. The summed E-state index contributed by atoms with van der Waals surface area (Å²) >= 11 is 8.19. The van der Waals surface area contributed by atoms with Gasteiger partial charge >= 0.3 is 0 Å². The molecule has 0 bridgehead atoms. The van der Waals surface area contributed by atoms with Gasteiger partial charge in [-0.15, -0.1) is 11.3 Å². The lowest BCUT2D eigenvalue weighted by molar-refractivity contribution is 0.0536. The largest absolute Gasteiger partial charge is 0.381 e. The summed E-state index contributed by atoms with van der Waals surface area (Å²) in [6.07, 6.45) is 2.23. The second kappa shape index (κ2) is 6.31. The number of thiophene rings is 1. The molecule has 1 fully saturated rings. The molecule has 1 saturated heterocycles. The molecule has 1 aliphatic rings. The topological polar surface area (TPSA) is 38.3 Å². The molecule has 0 saturated carbocycles. The molecular weight excluding hydrogens is 370 g/mol. The van der Waals surface area contributed by atoms with E-state index in [1.165, 1.54) is 11.3 Å². The Labute approximate surface area is 121 Å². The van der Waals surface area contributed by atoms with Crippen LogP contribution in [0.5, 0.6) is 0 Å². The maximum atomic E-state index is 11.9. The molecule has 0 aliphatic carbocycles. The molecule has 0 aromatic carbocycles. The minimum Gasteiger partial charge on any atom is -0.381 e. The van der Waals surface area contributed by atoms with Crippen LogP contribution in [0.25, 0.3) is 0 Å². The standard InChI is InChI=1S/C11H13Br2NO2S/c12-8-4-9(17-10(8)13)11(15)14-5-7-2-1-3-16-6-7/h4,7H,1-3,5-6H2,(H,14,15). The number of carbonyl (C=O) groups excluding carboxylic acids is 1. The Morgan fingerprint density at radius 1 is 1.59 bits per heavy atom. The highest BCUT2D eigenvalue weighted by Crippen LogP contribution is 2.32. The van der Waals surface area contributed by atoms with E-state index in [-0.39, 0.29) is 5.91 Å². The van der Waals surface area contributed by atoms with Gasteiger partial charge in [-0.25, -0.2) is 0 Å². The Bertz CT molecular complexity index is 383. The van der Waals surface area contributed by atoms with Gasteiger partial charge in [0.1, 0.15) is 0 Å². The second-order valence-electron chi connectivity index (χ2n) is 4.03. The van der Waals surface area contributed by atoms with Crippen LogP contribution in [-0.2, 0) is 4.74 Å². The molecule has 1 amide bonds. The lowest BCUT2D eigenvalue weighted by atomic mass is 10.0. The van der Waals surface area contributed by atoms with Crippen molar-refractivity contribution in [3.8, 4) is 0 Å². The zero-order valence-corrected chi connectivity index (χ0v) is 13.2. The van der Waals surface area contributed by atoms with E-state index in [4.69, 9.17) is 4.74 Å². The summed E-state index contributed by atoms with van der Waals surface area (Å²) in [6.45, 7) is 2.32. The first-order chi connectivity index (χ1) is 8.16. The lowest BCUT2D eigenvalue weighted by Crippen LogP contribution is -2.32. The molecule has 1 aromatic rings.